The number of nitrogens with one attached hydrogen (secondary N) is 1. The van der Waals surface area contributed by atoms with Gasteiger partial charge in [0.15, 0.2) is 6.61 Å². The van der Waals surface area contributed by atoms with Crippen LogP contribution in [0, 0.1) is 13.8 Å². The number of esters is 1. The molecular formula is C15H22N2O4. The summed E-state index contributed by atoms with van der Waals surface area (Å²) in [5.74, 6) is -0.886. The first-order chi connectivity index (χ1) is 9.95. The van der Waals surface area contributed by atoms with Crippen LogP contribution in [-0.4, -0.2) is 38.7 Å². The van der Waals surface area contributed by atoms with Crippen molar-refractivity contribution in [3.8, 4) is 0 Å². The molecule has 3 N–H and O–H groups in total. The molecule has 0 fully saturated rings. The van der Waals surface area contributed by atoms with Gasteiger partial charge < -0.3 is 20.5 Å². The lowest BCUT2D eigenvalue weighted by molar-refractivity contribution is -0.124. The number of hydrogen-bond donors (Lipinski definition) is 2. The van der Waals surface area contributed by atoms with E-state index in [2.05, 4.69) is 5.32 Å². The van der Waals surface area contributed by atoms with Crippen LogP contribution in [-0.2, 0) is 14.3 Å². The van der Waals surface area contributed by atoms with Crippen molar-refractivity contribution in [1.29, 1.82) is 0 Å². The molecule has 6 nitrogen and oxygen atoms in total. The van der Waals surface area contributed by atoms with E-state index in [1.807, 2.05) is 13.0 Å². The number of nitrogen functional groups attached to an aromatic ring is 1. The number of rotatable bonds is 7. The number of nitrogens with two attached hydrogens (primary N) is 1. The number of ether oxygens (including phenoxy) is 2. The third-order valence-corrected chi connectivity index (χ3v) is 3.01. The molecule has 116 valence electrons. The Labute approximate surface area is 124 Å². The van der Waals surface area contributed by atoms with E-state index in [0.717, 1.165) is 11.1 Å². The summed E-state index contributed by atoms with van der Waals surface area (Å²) in [6.45, 7) is 4.42. The Morgan fingerprint density at radius 1 is 1.24 bits per heavy atom. The topological polar surface area (TPSA) is 90.6 Å². The molecule has 0 radical (unpaired) electrons. The van der Waals surface area contributed by atoms with Gasteiger partial charge in [-0.25, -0.2) is 4.79 Å². The highest BCUT2D eigenvalue weighted by atomic mass is 16.5. The smallest absolute Gasteiger partial charge is 0.338 e. The van der Waals surface area contributed by atoms with E-state index in [-0.39, 0.29) is 12.5 Å². The zero-order valence-corrected chi connectivity index (χ0v) is 12.7. The predicted molar refractivity (Wildman–Crippen MR) is 80.1 cm³/mol. The Balaban J connectivity index is 2.47. The summed E-state index contributed by atoms with van der Waals surface area (Å²) in [4.78, 5) is 23.4. The quantitative estimate of drug-likeness (QED) is 0.448. The van der Waals surface area contributed by atoms with Crippen LogP contribution in [0.4, 0.5) is 5.69 Å². The Bertz CT molecular complexity index is 515. The van der Waals surface area contributed by atoms with Gasteiger partial charge in [-0.2, -0.15) is 0 Å². The highest BCUT2D eigenvalue weighted by Crippen LogP contribution is 2.18. The summed E-state index contributed by atoms with van der Waals surface area (Å²) >= 11 is 0. The normalized spacial score (nSPS) is 10.2. The monoisotopic (exact) mass is 294 g/mol. The lowest BCUT2D eigenvalue weighted by Gasteiger charge is -2.10. The maximum atomic E-state index is 11.9. The van der Waals surface area contributed by atoms with Gasteiger partial charge in [0, 0.05) is 25.9 Å². The molecule has 0 saturated carbocycles. The fourth-order valence-corrected chi connectivity index (χ4v) is 1.79. The minimum atomic E-state index is -0.550. The number of amides is 1. The van der Waals surface area contributed by atoms with Gasteiger partial charge in [0.1, 0.15) is 0 Å². The highest BCUT2D eigenvalue weighted by molar-refractivity contribution is 5.93. The molecule has 21 heavy (non-hydrogen) atoms. The van der Waals surface area contributed by atoms with Crippen molar-refractivity contribution in [2.75, 3.05) is 32.6 Å². The largest absolute Gasteiger partial charge is 0.452 e. The number of benzene rings is 1. The molecule has 0 aromatic heterocycles. The molecule has 0 unspecified atom stereocenters. The third-order valence-electron chi connectivity index (χ3n) is 3.01. The van der Waals surface area contributed by atoms with E-state index in [1.54, 1.807) is 20.1 Å². The van der Waals surface area contributed by atoms with Gasteiger partial charge in [-0.15, -0.1) is 0 Å². The van der Waals surface area contributed by atoms with Crippen LogP contribution in [0.3, 0.4) is 0 Å². The zero-order valence-electron chi connectivity index (χ0n) is 12.7. The molecule has 1 aromatic rings. The van der Waals surface area contributed by atoms with Gasteiger partial charge in [0.05, 0.1) is 5.56 Å². The van der Waals surface area contributed by atoms with E-state index in [0.29, 0.717) is 30.8 Å². The lowest BCUT2D eigenvalue weighted by atomic mass is 10.0. The average Bonchev–Trinajstić information content (AvgIpc) is 2.45. The van der Waals surface area contributed by atoms with Gasteiger partial charge in [-0.1, -0.05) is 6.07 Å². The Morgan fingerprint density at radius 3 is 2.62 bits per heavy atom. The minimum absolute atomic E-state index is 0.307. The minimum Gasteiger partial charge on any atom is -0.452 e. The molecule has 6 heteroatoms. The van der Waals surface area contributed by atoms with Gasteiger partial charge in [0.25, 0.3) is 5.91 Å². The first-order valence-electron chi connectivity index (χ1n) is 6.75. The number of anilines is 1. The predicted octanol–water partition coefficient (Wildman–Crippen LogP) is 1.20. The molecule has 0 saturated heterocycles. The van der Waals surface area contributed by atoms with Crippen molar-refractivity contribution in [3.63, 3.8) is 0 Å². The van der Waals surface area contributed by atoms with Crippen LogP contribution in [0.2, 0.25) is 0 Å². The van der Waals surface area contributed by atoms with Crippen molar-refractivity contribution >= 4 is 17.6 Å². The second-order valence-corrected chi connectivity index (χ2v) is 4.80. The Morgan fingerprint density at radius 2 is 1.95 bits per heavy atom. The van der Waals surface area contributed by atoms with Crippen LogP contribution in [0.5, 0.6) is 0 Å². The number of carbonyl (C=O) groups excluding carboxylic acids is 2. The number of aryl methyl sites for hydroxylation is 2. The molecule has 0 heterocycles. The van der Waals surface area contributed by atoms with E-state index >= 15 is 0 Å². The van der Waals surface area contributed by atoms with Crippen molar-refractivity contribution in [3.05, 3.63) is 28.8 Å². The van der Waals surface area contributed by atoms with Gasteiger partial charge in [-0.05, 0) is 37.5 Å². The summed E-state index contributed by atoms with van der Waals surface area (Å²) in [7, 11) is 1.60. The maximum Gasteiger partial charge on any atom is 0.338 e. The molecule has 0 aliphatic heterocycles. The van der Waals surface area contributed by atoms with Crippen molar-refractivity contribution < 1.29 is 19.1 Å². The molecule has 0 aliphatic rings. The van der Waals surface area contributed by atoms with Crippen LogP contribution < -0.4 is 11.1 Å². The molecule has 0 aliphatic carbocycles. The van der Waals surface area contributed by atoms with Crippen molar-refractivity contribution in [1.82, 2.24) is 5.32 Å². The van der Waals surface area contributed by atoms with Gasteiger partial charge in [0.2, 0.25) is 0 Å². The zero-order chi connectivity index (χ0) is 15.8. The summed E-state index contributed by atoms with van der Waals surface area (Å²) in [6.07, 6.45) is 0.712. The molecule has 0 bridgehead atoms. The lowest BCUT2D eigenvalue weighted by Crippen LogP contribution is -2.30. The molecule has 0 spiro atoms. The van der Waals surface area contributed by atoms with Gasteiger partial charge in [-0.3, -0.25) is 4.79 Å². The van der Waals surface area contributed by atoms with E-state index < -0.39 is 5.97 Å². The van der Waals surface area contributed by atoms with Crippen molar-refractivity contribution in [2.45, 2.75) is 20.3 Å². The summed E-state index contributed by atoms with van der Waals surface area (Å²) in [6, 6.07) is 3.39. The fourth-order valence-electron chi connectivity index (χ4n) is 1.79. The van der Waals surface area contributed by atoms with Gasteiger partial charge >= 0.3 is 5.97 Å². The Hall–Kier alpha value is -2.08. The molecule has 1 aromatic carbocycles. The molecular weight excluding hydrogens is 272 g/mol. The van der Waals surface area contributed by atoms with Crippen LogP contribution >= 0.6 is 0 Å². The standard InChI is InChI=1S/C15H22N2O4/c1-10-7-11(2)13(16)8-12(10)15(19)21-9-14(18)17-5-4-6-20-3/h7-8H,4-6,9,16H2,1-3H3,(H,17,18). The van der Waals surface area contributed by atoms with Crippen molar-refractivity contribution in [2.24, 2.45) is 0 Å². The second kappa shape index (κ2) is 8.26. The highest BCUT2D eigenvalue weighted by Gasteiger charge is 2.14. The number of hydrogen-bond acceptors (Lipinski definition) is 5. The average molecular weight is 294 g/mol. The van der Waals surface area contributed by atoms with E-state index in [4.69, 9.17) is 15.2 Å². The van der Waals surface area contributed by atoms with E-state index in [1.165, 1.54) is 0 Å². The van der Waals surface area contributed by atoms with Crippen LogP contribution in [0.1, 0.15) is 27.9 Å². The van der Waals surface area contributed by atoms with Crippen LogP contribution in [0.25, 0.3) is 0 Å². The molecule has 1 rings (SSSR count). The maximum absolute atomic E-state index is 11.9. The van der Waals surface area contributed by atoms with E-state index in [9.17, 15) is 9.59 Å². The first-order valence-corrected chi connectivity index (χ1v) is 6.75. The SMILES string of the molecule is COCCCNC(=O)COC(=O)c1cc(N)c(C)cc1C. The number of methoxy groups -OCH3 is 1. The summed E-state index contributed by atoms with van der Waals surface area (Å²) in [5, 5.41) is 2.64. The van der Waals surface area contributed by atoms with Crippen LogP contribution in [0.15, 0.2) is 12.1 Å². The summed E-state index contributed by atoms with van der Waals surface area (Å²) < 4.78 is 9.85. The summed E-state index contributed by atoms with van der Waals surface area (Å²) in [5.41, 5.74) is 8.36. The fraction of sp³-hybridized carbons (Fsp3) is 0.467. The molecule has 1 amide bonds. The Kier molecular flexibility index (Phi) is 6.68. The third kappa shape index (κ3) is 5.43. The first kappa shape index (κ1) is 17.0. The number of carbonyl (C=O) groups is 2. The second-order valence-electron chi connectivity index (χ2n) is 4.80. The molecule has 0 atom stereocenters.